The predicted molar refractivity (Wildman–Crippen MR) is 77.8 cm³/mol. The van der Waals surface area contributed by atoms with E-state index in [0.29, 0.717) is 11.1 Å². The van der Waals surface area contributed by atoms with Gasteiger partial charge in [-0.15, -0.1) is 0 Å². The number of pyridine rings is 1. The van der Waals surface area contributed by atoms with E-state index in [0.717, 1.165) is 11.4 Å². The number of nitrogens with one attached hydrogen (secondary N) is 2. The van der Waals surface area contributed by atoms with E-state index in [1.807, 2.05) is 30.3 Å². The Morgan fingerprint density at radius 2 is 1.75 bits per heavy atom. The van der Waals surface area contributed by atoms with Gasteiger partial charge in [0.25, 0.3) is 5.56 Å². The summed E-state index contributed by atoms with van der Waals surface area (Å²) in [5.74, 6) is 0. The van der Waals surface area contributed by atoms with Crippen LogP contribution in [0.15, 0.2) is 66.1 Å². The number of nitrogens with zero attached hydrogens (tertiary/aromatic N) is 2. The quantitative estimate of drug-likeness (QED) is 0.762. The van der Waals surface area contributed by atoms with Gasteiger partial charge in [-0.1, -0.05) is 18.2 Å². The molecule has 5 nitrogen and oxygen atoms in total. The highest BCUT2D eigenvalue weighted by Crippen LogP contribution is 2.19. The first-order valence-corrected chi connectivity index (χ1v) is 6.13. The molecule has 2 aromatic heterocycles. The van der Waals surface area contributed by atoms with Gasteiger partial charge in [0.15, 0.2) is 0 Å². The van der Waals surface area contributed by atoms with Crippen LogP contribution in [0, 0.1) is 0 Å². The highest BCUT2D eigenvalue weighted by Gasteiger charge is 2.05. The van der Waals surface area contributed by atoms with Crippen LogP contribution >= 0.6 is 0 Å². The van der Waals surface area contributed by atoms with Gasteiger partial charge < -0.3 is 10.3 Å². The number of rotatable bonds is 3. The maximum Gasteiger partial charge on any atom is 0.256 e. The monoisotopic (exact) mass is 264 g/mol. The summed E-state index contributed by atoms with van der Waals surface area (Å²) in [5.41, 5.74) is 2.81. The van der Waals surface area contributed by atoms with E-state index in [4.69, 9.17) is 0 Å². The highest BCUT2D eigenvalue weighted by atomic mass is 16.1. The SMILES string of the molecule is O=c1[nH]cc(Nc2ccccc2)cc1-c1cncnc1. The first-order chi connectivity index (χ1) is 9.83. The highest BCUT2D eigenvalue weighted by molar-refractivity contribution is 5.68. The molecule has 0 unspecified atom stereocenters. The first kappa shape index (κ1) is 12.1. The van der Waals surface area contributed by atoms with Crippen LogP contribution in [-0.4, -0.2) is 15.0 Å². The Balaban J connectivity index is 1.97. The molecule has 0 saturated carbocycles. The second-order valence-electron chi connectivity index (χ2n) is 4.25. The van der Waals surface area contributed by atoms with E-state index in [9.17, 15) is 4.79 Å². The van der Waals surface area contributed by atoms with Gasteiger partial charge in [0, 0.05) is 29.8 Å². The topological polar surface area (TPSA) is 70.7 Å². The maximum absolute atomic E-state index is 11.9. The third-order valence-electron chi connectivity index (χ3n) is 2.84. The molecular weight excluding hydrogens is 252 g/mol. The van der Waals surface area contributed by atoms with E-state index < -0.39 is 0 Å². The van der Waals surface area contributed by atoms with Crippen LogP contribution in [0.4, 0.5) is 11.4 Å². The first-order valence-electron chi connectivity index (χ1n) is 6.13. The van der Waals surface area contributed by atoms with E-state index in [-0.39, 0.29) is 5.56 Å². The molecule has 0 fully saturated rings. The molecule has 5 heteroatoms. The molecule has 0 aliphatic heterocycles. The number of benzene rings is 1. The fraction of sp³-hybridized carbons (Fsp3) is 0. The second-order valence-corrected chi connectivity index (χ2v) is 4.25. The van der Waals surface area contributed by atoms with Gasteiger partial charge in [0.05, 0.1) is 11.3 Å². The zero-order valence-corrected chi connectivity index (χ0v) is 10.6. The molecule has 0 bridgehead atoms. The summed E-state index contributed by atoms with van der Waals surface area (Å²) >= 11 is 0. The van der Waals surface area contributed by atoms with Gasteiger partial charge in [0.2, 0.25) is 0 Å². The minimum absolute atomic E-state index is 0.168. The maximum atomic E-state index is 11.9. The van der Waals surface area contributed by atoms with Gasteiger partial charge in [-0.2, -0.15) is 0 Å². The molecule has 2 N–H and O–H groups in total. The lowest BCUT2D eigenvalue weighted by atomic mass is 10.1. The van der Waals surface area contributed by atoms with Crippen molar-refractivity contribution in [2.75, 3.05) is 5.32 Å². The van der Waals surface area contributed by atoms with E-state index in [2.05, 4.69) is 20.3 Å². The Bertz CT molecular complexity index is 754. The zero-order valence-electron chi connectivity index (χ0n) is 10.6. The summed E-state index contributed by atoms with van der Waals surface area (Å²) in [6.45, 7) is 0. The van der Waals surface area contributed by atoms with Gasteiger partial charge in [-0.25, -0.2) is 9.97 Å². The van der Waals surface area contributed by atoms with Gasteiger partial charge in [0.1, 0.15) is 6.33 Å². The number of aromatic amines is 1. The number of H-pyrrole nitrogens is 1. The van der Waals surface area contributed by atoms with Gasteiger partial charge in [-0.3, -0.25) is 4.79 Å². The Hall–Kier alpha value is -2.95. The number of hydrogen-bond acceptors (Lipinski definition) is 4. The van der Waals surface area contributed by atoms with Crippen molar-refractivity contribution in [1.82, 2.24) is 15.0 Å². The summed E-state index contributed by atoms with van der Waals surface area (Å²) in [5, 5.41) is 3.23. The summed E-state index contributed by atoms with van der Waals surface area (Å²) in [4.78, 5) is 22.5. The van der Waals surface area contributed by atoms with E-state index in [1.54, 1.807) is 24.7 Å². The van der Waals surface area contributed by atoms with Crippen LogP contribution in [0.1, 0.15) is 0 Å². The minimum atomic E-state index is -0.168. The molecule has 0 radical (unpaired) electrons. The molecule has 0 amide bonds. The van der Waals surface area contributed by atoms with Crippen molar-refractivity contribution < 1.29 is 0 Å². The van der Waals surface area contributed by atoms with Crippen molar-refractivity contribution in [1.29, 1.82) is 0 Å². The number of anilines is 2. The Morgan fingerprint density at radius 1 is 1.00 bits per heavy atom. The van der Waals surface area contributed by atoms with Crippen LogP contribution in [0.25, 0.3) is 11.1 Å². The fourth-order valence-corrected chi connectivity index (χ4v) is 1.90. The smallest absolute Gasteiger partial charge is 0.256 e. The third-order valence-corrected chi connectivity index (χ3v) is 2.84. The minimum Gasteiger partial charge on any atom is -0.354 e. The molecule has 1 aromatic carbocycles. The standard InChI is InChI=1S/C15H12N4O/c20-15-14(11-7-16-10-17-8-11)6-13(9-18-15)19-12-4-2-1-3-5-12/h1-10,19H,(H,18,20). The van der Waals surface area contributed by atoms with Crippen LogP contribution < -0.4 is 10.9 Å². The molecule has 0 aliphatic rings. The Morgan fingerprint density at radius 3 is 2.50 bits per heavy atom. The van der Waals surface area contributed by atoms with Crippen LogP contribution in [0.5, 0.6) is 0 Å². The van der Waals surface area contributed by atoms with Crippen LogP contribution in [0.2, 0.25) is 0 Å². The molecule has 0 atom stereocenters. The average Bonchev–Trinajstić information content (AvgIpc) is 2.51. The number of para-hydroxylation sites is 1. The molecular formula is C15H12N4O. The van der Waals surface area contributed by atoms with Crippen LogP contribution in [-0.2, 0) is 0 Å². The van der Waals surface area contributed by atoms with E-state index >= 15 is 0 Å². The molecule has 20 heavy (non-hydrogen) atoms. The second kappa shape index (κ2) is 5.36. The molecule has 3 rings (SSSR count). The third kappa shape index (κ3) is 2.56. The van der Waals surface area contributed by atoms with Crippen molar-refractivity contribution in [2.24, 2.45) is 0 Å². The summed E-state index contributed by atoms with van der Waals surface area (Å²) < 4.78 is 0. The van der Waals surface area contributed by atoms with Crippen molar-refractivity contribution in [3.63, 3.8) is 0 Å². The van der Waals surface area contributed by atoms with Crippen molar-refractivity contribution in [2.45, 2.75) is 0 Å². The lowest BCUT2D eigenvalue weighted by Crippen LogP contribution is -2.09. The predicted octanol–water partition coefficient (Wildman–Crippen LogP) is 2.58. The molecule has 0 saturated heterocycles. The zero-order chi connectivity index (χ0) is 13.8. The van der Waals surface area contributed by atoms with Crippen molar-refractivity contribution in [3.8, 4) is 11.1 Å². The fourth-order valence-electron chi connectivity index (χ4n) is 1.90. The van der Waals surface area contributed by atoms with Gasteiger partial charge >= 0.3 is 0 Å². The molecule has 0 aliphatic carbocycles. The molecule has 0 spiro atoms. The van der Waals surface area contributed by atoms with Gasteiger partial charge in [-0.05, 0) is 18.2 Å². The normalized spacial score (nSPS) is 10.2. The number of hydrogen-bond donors (Lipinski definition) is 2. The summed E-state index contributed by atoms with van der Waals surface area (Å²) in [7, 11) is 0. The van der Waals surface area contributed by atoms with Crippen LogP contribution in [0.3, 0.4) is 0 Å². The lowest BCUT2D eigenvalue weighted by Gasteiger charge is -2.07. The molecule has 2 heterocycles. The lowest BCUT2D eigenvalue weighted by molar-refractivity contribution is 1.16. The largest absolute Gasteiger partial charge is 0.354 e. The number of aromatic nitrogens is 3. The van der Waals surface area contributed by atoms with E-state index in [1.165, 1.54) is 6.33 Å². The summed E-state index contributed by atoms with van der Waals surface area (Å²) in [6.07, 6.45) is 6.31. The molecule has 98 valence electrons. The Kier molecular flexibility index (Phi) is 3.24. The summed E-state index contributed by atoms with van der Waals surface area (Å²) in [6, 6.07) is 11.5. The van der Waals surface area contributed by atoms with Crippen molar-refractivity contribution >= 4 is 11.4 Å². The average molecular weight is 264 g/mol. The molecule has 3 aromatic rings. The Labute approximate surface area is 115 Å². The van der Waals surface area contributed by atoms with Crippen molar-refractivity contribution in [3.05, 3.63) is 71.7 Å².